The van der Waals surface area contributed by atoms with Gasteiger partial charge in [0.1, 0.15) is 16.7 Å². The van der Waals surface area contributed by atoms with Gasteiger partial charge in [-0.05, 0) is 12.1 Å². The van der Waals surface area contributed by atoms with Crippen molar-refractivity contribution in [2.45, 2.75) is 18.6 Å². The van der Waals surface area contributed by atoms with Gasteiger partial charge < -0.3 is 15.2 Å². The van der Waals surface area contributed by atoms with Gasteiger partial charge in [0, 0.05) is 31.1 Å². The molecule has 0 saturated heterocycles. The van der Waals surface area contributed by atoms with E-state index >= 15 is 0 Å². The number of nitrogens with zero attached hydrogens (tertiary/aromatic N) is 1. The van der Waals surface area contributed by atoms with Crippen molar-refractivity contribution >= 4 is 23.2 Å². The first-order valence-corrected chi connectivity index (χ1v) is 8.26. The first-order valence-electron chi connectivity index (χ1n) is 7.38. The minimum absolute atomic E-state index is 0.0638. The molecule has 1 unspecified atom stereocenters. The number of aromatic nitrogens is 1. The summed E-state index contributed by atoms with van der Waals surface area (Å²) in [5.74, 6) is -1.94. The van der Waals surface area contributed by atoms with E-state index in [1.165, 1.54) is 24.6 Å². The summed E-state index contributed by atoms with van der Waals surface area (Å²) in [6.07, 6.45) is -4.41. The number of thiazole rings is 1. The first-order chi connectivity index (χ1) is 12.2. The zero-order valence-electron chi connectivity index (χ0n) is 13.5. The SMILES string of the molecule is COCCC(NC(=O)c1csc(-c2cccc(C(F)(F)F)c2)n1)C(=O)O. The third kappa shape index (κ3) is 5.02. The molecule has 0 spiro atoms. The smallest absolute Gasteiger partial charge is 0.416 e. The fourth-order valence-corrected chi connectivity index (χ4v) is 2.86. The highest BCUT2D eigenvalue weighted by Gasteiger charge is 2.30. The summed E-state index contributed by atoms with van der Waals surface area (Å²) in [5.41, 5.74) is -0.661. The van der Waals surface area contributed by atoms with Gasteiger partial charge in [-0.15, -0.1) is 11.3 Å². The van der Waals surface area contributed by atoms with Gasteiger partial charge in [-0.3, -0.25) is 4.79 Å². The molecule has 0 saturated carbocycles. The average Bonchev–Trinajstić information content (AvgIpc) is 3.07. The highest BCUT2D eigenvalue weighted by atomic mass is 32.1. The van der Waals surface area contributed by atoms with Crippen molar-refractivity contribution < 1.29 is 32.6 Å². The molecule has 0 aliphatic carbocycles. The Morgan fingerprint density at radius 2 is 2.12 bits per heavy atom. The highest BCUT2D eigenvalue weighted by molar-refractivity contribution is 7.13. The third-order valence-electron chi connectivity index (χ3n) is 3.39. The molecular formula is C16H15F3N2O4S. The van der Waals surface area contributed by atoms with Gasteiger partial charge in [0.05, 0.1) is 5.56 Å². The molecule has 10 heteroatoms. The normalized spacial score (nSPS) is 12.6. The number of benzene rings is 1. The zero-order chi connectivity index (χ0) is 19.3. The Kier molecular flexibility index (Phi) is 6.32. The van der Waals surface area contributed by atoms with Crippen molar-refractivity contribution in [1.82, 2.24) is 10.3 Å². The minimum Gasteiger partial charge on any atom is -0.480 e. The largest absolute Gasteiger partial charge is 0.480 e. The number of nitrogens with one attached hydrogen (secondary N) is 1. The molecule has 26 heavy (non-hydrogen) atoms. The lowest BCUT2D eigenvalue weighted by Crippen LogP contribution is -2.41. The van der Waals surface area contributed by atoms with E-state index < -0.39 is 29.7 Å². The fraction of sp³-hybridized carbons (Fsp3) is 0.312. The summed E-state index contributed by atoms with van der Waals surface area (Å²) in [7, 11) is 1.41. The predicted molar refractivity (Wildman–Crippen MR) is 87.9 cm³/mol. The Hall–Kier alpha value is -2.46. The van der Waals surface area contributed by atoms with Crippen LogP contribution in [0.15, 0.2) is 29.6 Å². The van der Waals surface area contributed by atoms with E-state index in [0.29, 0.717) is 0 Å². The van der Waals surface area contributed by atoms with Gasteiger partial charge in [-0.25, -0.2) is 9.78 Å². The molecule has 1 amide bonds. The monoisotopic (exact) mass is 388 g/mol. The Labute approximate surface area is 150 Å². The Morgan fingerprint density at radius 3 is 2.73 bits per heavy atom. The Balaban J connectivity index is 2.16. The van der Waals surface area contributed by atoms with E-state index in [4.69, 9.17) is 9.84 Å². The maximum Gasteiger partial charge on any atom is 0.416 e. The lowest BCUT2D eigenvalue weighted by Gasteiger charge is -2.12. The van der Waals surface area contributed by atoms with Crippen molar-refractivity contribution in [2.75, 3.05) is 13.7 Å². The standard InChI is InChI=1S/C16H15F3N2O4S/c1-25-6-5-11(15(23)24)20-13(22)12-8-26-14(21-12)9-3-2-4-10(7-9)16(17,18)19/h2-4,7-8,11H,5-6H2,1H3,(H,20,22)(H,23,24). The number of halogens is 3. The van der Waals surface area contributed by atoms with Crippen LogP contribution in [0.1, 0.15) is 22.5 Å². The van der Waals surface area contributed by atoms with Crippen LogP contribution in [0.3, 0.4) is 0 Å². The number of ether oxygens (including phenoxy) is 1. The molecule has 140 valence electrons. The molecular weight excluding hydrogens is 373 g/mol. The van der Waals surface area contributed by atoms with E-state index in [-0.39, 0.29) is 29.3 Å². The highest BCUT2D eigenvalue weighted by Crippen LogP contribution is 2.33. The third-order valence-corrected chi connectivity index (χ3v) is 4.28. The molecule has 2 aromatic rings. The zero-order valence-corrected chi connectivity index (χ0v) is 14.4. The van der Waals surface area contributed by atoms with Crippen LogP contribution in [0.5, 0.6) is 0 Å². The van der Waals surface area contributed by atoms with E-state index in [0.717, 1.165) is 23.5 Å². The minimum atomic E-state index is -4.48. The summed E-state index contributed by atoms with van der Waals surface area (Å²) in [5, 5.41) is 13.0. The number of aliphatic carboxylic acids is 1. The van der Waals surface area contributed by atoms with Crippen molar-refractivity contribution in [2.24, 2.45) is 0 Å². The summed E-state index contributed by atoms with van der Waals surface area (Å²) in [4.78, 5) is 27.3. The van der Waals surface area contributed by atoms with Gasteiger partial charge in [-0.1, -0.05) is 12.1 Å². The second-order valence-electron chi connectivity index (χ2n) is 5.26. The van der Waals surface area contributed by atoms with Crippen molar-refractivity contribution in [1.29, 1.82) is 0 Å². The van der Waals surface area contributed by atoms with Crippen LogP contribution in [-0.4, -0.2) is 41.7 Å². The number of methoxy groups -OCH3 is 1. The molecule has 0 bridgehead atoms. The van der Waals surface area contributed by atoms with Gasteiger partial charge in [0.2, 0.25) is 0 Å². The average molecular weight is 388 g/mol. The van der Waals surface area contributed by atoms with Crippen molar-refractivity contribution in [3.8, 4) is 10.6 Å². The number of carbonyl (C=O) groups is 2. The lowest BCUT2D eigenvalue weighted by atomic mass is 10.1. The number of carbonyl (C=O) groups excluding carboxylic acids is 1. The van der Waals surface area contributed by atoms with Crippen LogP contribution in [0.25, 0.3) is 10.6 Å². The number of hydrogen-bond acceptors (Lipinski definition) is 5. The number of alkyl halides is 3. The van der Waals surface area contributed by atoms with Crippen LogP contribution in [0.4, 0.5) is 13.2 Å². The molecule has 0 aliphatic heterocycles. The molecule has 6 nitrogen and oxygen atoms in total. The van der Waals surface area contributed by atoms with E-state index in [2.05, 4.69) is 10.3 Å². The number of carboxylic acids is 1. The van der Waals surface area contributed by atoms with Gasteiger partial charge in [0.15, 0.2) is 0 Å². The van der Waals surface area contributed by atoms with Crippen molar-refractivity contribution in [3.05, 3.63) is 40.9 Å². The molecule has 2 rings (SSSR count). The first kappa shape index (κ1) is 19.9. The molecule has 0 radical (unpaired) electrons. The van der Waals surface area contributed by atoms with E-state index in [9.17, 15) is 22.8 Å². The van der Waals surface area contributed by atoms with Crippen molar-refractivity contribution in [3.63, 3.8) is 0 Å². The molecule has 1 aromatic heterocycles. The summed E-state index contributed by atoms with van der Waals surface area (Å²) >= 11 is 0.992. The summed E-state index contributed by atoms with van der Waals surface area (Å²) in [6, 6.07) is 3.44. The number of carboxylic acid groups (broad SMARTS) is 1. The molecule has 1 aromatic carbocycles. The predicted octanol–water partition coefficient (Wildman–Crippen LogP) is 3.05. The van der Waals surface area contributed by atoms with E-state index in [1.54, 1.807) is 0 Å². The van der Waals surface area contributed by atoms with E-state index in [1.807, 2.05) is 0 Å². The Bertz CT molecular complexity index is 792. The van der Waals surface area contributed by atoms with Crippen LogP contribution in [0.2, 0.25) is 0 Å². The van der Waals surface area contributed by atoms with Crippen LogP contribution < -0.4 is 5.32 Å². The van der Waals surface area contributed by atoms with Crippen LogP contribution in [0, 0.1) is 0 Å². The Morgan fingerprint density at radius 1 is 1.38 bits per heavy atom. The van der Waals surface area contributed by atoms with Crippen LogP contribution >= 0.6 is 11.3 Å². The van der Waals surface area contributed by atoms with Gasteiger partial charge in [0.25, 0.3) is 5.91 Å². The summed E-state index contributed by atoms with van der Waals surface area (Å²) in [6.45, 7) is 0.143. The maximum absolute atomic E-state index is 12.8. The molecule has 2 N–H and O–H groups in total. The second-order valence-corrected chi connectivity index (χ2v) is 6.12. The van der Waals surface area contributed by atoms with Gasteiger partial charge in [-0.2, -0.15) is 13.2 Å². The maximum atomic E-state index is 12.8. The second kappa shape index (κ2) is 8.28. The fourth-order valence-electron chi connectivity index (χ4n) is 2.06. The number of hydrogen-bond donors (Lipinski definition) is 2. The molecule has 1 atom stereocenters. The topological polar surface area (TPSA) is 88.5 Å². The number of amides is 1. The number of rotatable bonds is 7. The lowest BCUT2D eigenvalue weighted by molar-refractivity contribution is -0.140. The molecule has 1 heterocycles. The van der Waals surface area contributed by atoms with Crippen LogP contribution in [-0.2, 0) is 15.7 Å². The molecule has 0 fully saturated rings. The molecule has 0 aliphatic rings. The summed E-state index contributed by atoms with van der Waals surface area (Å²) < 4.78 is 43.2. The van der Waals surface area contributed by atoms with Gasteiger partial charge >= 0.3 is 12.1 Å². The quantitative estimate of drug-likeness (QED) is 0.761.